The molecule has 2 aromatic rings. The molecule has 0 saturated heterocycles. The second-order valence-electron chi connectivity index (χ2n) is 7.01. The van der Waals surface area contributed by atoms with Crippen LogP contribution in [0.15, 0.2) is 44.2 Å². The Morgan fingerprint density at radius 3 is 2.56 bits per heavy atom. The van der Waals surface area contributed by atoms with Gasteiger partial charge in [0.2, 0.25) is 5.91 Å². The number of sulfonamides is 1. The molecule has 8 heteroatoms. The van der Waals surface area contributed by atoms with E-state index in [0.717, 1.165) is 30.4 Å². The average Bonchev–Trinajstić information content (AvgIpc) is 3.36. The highest BCUT2D eigenvalue weighted by atomic mass is 79.9. The zero-order chi connectivity index (χ0) is 19.3. The van der Waals surface area contributed by atoms with Crippen molar-refractivity contribution in [3.8, 4) is 0 Å². The fraction of sp³-hybridized carbons (Fsp3) is 0.316. The first-order chi connectivity index (χ1) is 12.8. The zero-order valence-corrected chi connectivity index (χ0v) is 18.6. The van der Waals surface area contributed by atoms with Gasteiger partial charge < -0.3 is 4.90 Å². The lowest BCUT2D eigenvalue weighted by Gasteiger charge is -2.19. The summed E-state index contributed by atoms with van der Waals surface area (Å²) in [7, 11) is -3.82. The maximum Gasteiger partial charge on any atom is 0.263 e. The van der Waals surface area contributed by atoms with E-state index >= 15 is 0 Å². The molecule has 0 radical (unpaired) electrons. The van der Waals surface area contributed by atoms with E-state index < -0.39 is 10.0 Å². The van der Waals surface area contributed by atoms with Crippen LogP contribution in [0, 0.1) is 12.8 Å². The summed E-state index contributed by atoms with van der Waals surface area (Å²) in [6.07, 6.45) is 2.59. The number of nitrogens with one attached hydrogen (secondary N) is 1. The number of fused-ring (bicyclic) bond motifs is 1. The van der Waals surface area contributed by atoms with Gasteiger partial charge in [0.25, 0.3) is 10.0 Å². The number of nitrogens with zero attached hydrogens (tertiary/aromatic N) is 1. The second kappa shape index (κ2) is 6.90. The lowest BCUT2D eigenvalue weighted by Crippen LogP contribution is -2.30. The van der Waals surface area contributed by atoms with Gasteiger partial charge in [-0.15, -0.1) is 0 Å². The maximum absolute atomic E-state index is 13.0. The Bertz CT molecular complexity index is 1050. The molecule has 1 aliphatic heterocycles. The van der Waals surface area contributed by atoms with Crippen molar-refractivity contribution in [3.05, 3.63) is 50.4 Å². The standard InChI is InChI=1S/C19H18Br2N2O3S/c1-11-2-5-16(14(20)8-11)22-27(25,26)18-10-17-13(9-15(18)21)6-7-23(17)19(24)12-3-4-12/h2,5,8-10,12,22H,3-4,6-7H2,1H3. The molecule has 1 fully saturated rings. The van der Waals surface area contributed by atoms with Crippen molar-refractivity contribution >= 4 is 59.2 Å². The Kier molecular flexibility index (Phi) is 4.84. The number of anilines is 2. The normalized spacial score (nSPS) is 16.3. The van der Waals surface area contributed by atoms with Gasteiger partial charge in [0.1, 0.15) is 4.90 Å². The number of hydrogen-bond acceptors (Lipinski definition) is 3. The highest BCUT2D eigenvalue weighted by Gasteiger charge is 2.37. The third-order valence-electron chi connectivity index (χ3n) is 4.88. The molecule has 27 heavy (non-hydrogen) atoms. The molecule has 2 aliphatic rings. The number of rotatable bonds is 4. The molecular weight excluding hydrogens is 496 g/mol. The van der Waals surface area contributed by atoms with Gasteiger partial charge in [0.15, 0.2) is 0 Å². The summed E-state index contributed by atoms with van der Waals surface area (Å²) in [5.74, 6) is 0.204. The Morgan fingerprint density at radius 1 is 1.15 bits per heavy atom. The number of benzene rings is 2. The van der Waals surface area contributed by atoms with E-state index in [4.69, 9.17) is 0 Å². The van der Waals surface area contributed by atoms with Gasteiger partial charge in [-0.2, -0.15) is 0 Å². The molecule has 5 nitrogen and oxygen atoms in total. The first kappa shape index (κ1) is 19.0. The van der Waals surface area contributed by atoms with E-state index in [9.17, 15) is 13.2 Å². The minimum atomic E-state index is -3.82. The van der Waals surface area contributed by atoms with Crippen molar-refractivity contribution in [1.82, 2.24) is 0 Å². The molecule has 1 N–H and O–H groups in total. The molecule has 0 spiro atoms. The van der Waals surface area contributed by atoms with E-state index in [-0.39, 0.29) is 16.7 Å². The molecule has 1 aliphatic carbocycles. The highest BCUT2D eigenvalue weighted by molar-refractivity contribution is 9.11. The average molecular weight is 514 g/mol. The van der Waals surface area contributed by atoms with Crippen LogP contribution < -0.4 is 9.62 Å². The number of carbonyl (C=O) groups is 1. The molecule has 1 heterocycles. The van der Waals surface area contributed by atoms with Gasteiger partial charge in [-0.25, -0.2) is 8.42 Å². The van der Waals surface area contributed by atoms with Crippen LogP contribution in [0.25, 0.3) is 0 Å². The fourth-order valence-corrected chi connectivity index (χ4v) is 6.19. The van der Waals surface area contributed by atoms with Crippen molar-refractivity contribution in [1.29, 1.82) is 0 Å². The summed E-state index contributed by atoms with van der Waals surface area (Å²) < 4.78 is 29.8. The Morgan fingerprint density at radius 2 is 1.89 bits per heavy atom. The Labute approximate surface area is 175 Å². The third kappa shape index (κ3) is 3.67. The van der Waals surface area contributed by atoms with Crippen molar-refractivity contribution in [2.24, 2.45) is 5.92 Å². The van der Waals surface area contributed by atoms with Crippen LogP contribution in [0.4, 0.5) is 11.4 Å². The smallest absolute Gasteiger partial charge is 0.263 e. The van der Waals surface area contributed by atoms with Gasteiger partial charge in [0.05, 0.1) is 5.69 Å². The Balaban J connectivity index is 1.70. The van der Waals surface area contributed by atoms with Crippen LogP contribution in [-0.2, 0) is 21.2 Å². The largest absolute Gasteiger partial charge is 0.312 e. The topological polar surface area (TPSA) is 66.5 Å². The van der Waals surface area contributed by atoms with E-state index in [2.05, 4.69) is 36.6 Å². The molecule has 1 amide bonds. The maximum atomic E-state index is 13.0. The van der Waals surface area contributed by atoms with Crippen molar-refractivity contribution in [2.45, 2.75) is 31.1 Å². The molecule has 2 aromatic carbocycles. The van der Waals surface area contributed by atoms with Crippen LogP contribution in [0.5, 0.6) is 0 Å². The number of aryl methyl sites for hydroxylation is 1. The number of amides is 1. The molecule has 0 aromatic heterocycles. The molecule has 142 valence electrons. The van der Waals surface area contributed by atoms with Crippen LogP contribution in [0.1, 0.15) is 24.0 Å². The molecular formula is C19H18Br2N2O3S. The SMILES string of the molecule is Cc1ccc(NS(=O)(=O)c2cc3c(cc2Br)CCN3C(=O)C2CC2)c(Br)c1. The zero-order valence-electron chi connectivity index (χ0n) is 14.6. The van der Waals surface area contributed by atoms with Gasteiger partial charge in [-0.3, -0.25) is 9.52 Å². The van der Waals surface area contributed by atoms with Crippen LogP contribution in [-0.4, -0.2) is 20.9 Å². The summed E-state index contributed by atoms with van der Waals surface area (Å²) in [6, 6.07) is 8.84. The summed E-state index contributed by atoms with van der Waals surface area (Å²) in [5, 5.41) is 0. The number of carbonyl (C=O) groups excluding carboxylic acids is 1. The minimum Gasteiger partial charge on any atom is -0.312 e. The molecule has 1 saturated carbocycles. The van der Waals surface area contributed by atoms with Crippen LogP contribution in [0.3, 0.4) is 0 Å². The summed E-state index contributed by atoms with van der Waals surface area (Å²) in [4.78, 5) is 14.4. The third-order valence-corrected chi connectivity index (χ3v) is 7.86. The van der Waals surface area contributed by atoms with E-state index in [1.165, 1.54) is 0 Å². The highest BCUT2D eigenvalue weighted by Crippen LogP contribution is 2.40. The van der Waals surface area contributed by atoms with Gasteiger partial charge in [-0.1, -0.05) is 6.07 Å². The Hall–Kier alpha value is -1.38. The lowest BCUT2D eigenvalue weighted by molar-refractivity contribution is -0.119. The van der Waals surface area contributed by atoms with Crippen LogP contribution in [0.2, 0.25) is 0 Å². The fourth-order valence-electron chi connectivity index (χ4n) is 3.28. The van der Waals surface area contributed by atoms with Crippen molar-refractivity contribution < 1.29 is 13.2 Å². The van der Waals surface area contributed by atoms with E-state index in [0.29, 0.717) is 26.9 Å². The molecule has 0 atom stereocenters. The van der Waals surface area contributed by atoms with Crippen molar-refractivity contribution in [2.75, 3.05) is 16.2 Å². The summed E-state index contributed by atoms with van der Waals surface area (Å²) in [5.41, 5.74) is 3.20. The molecule has 4 rings (SSSR count). The summed E-state index contributed by atoms with van der Waals surface area (Å²) >= 11 is 6.79. The second-order valence-corrected chi connectivity index (χ2v) is 10.4. The predicted octanol–water partition coefficient (Wildman–Crippen LogP) is 4.62. The first-order valence-electron chi connectivity index (χ1n) is 8.69. The molecule has 0 bridgehead atoms. The number of hydrogen-bond donors (Lipinski definition) is 1. The van der Waals surface area contributed by atoms with Gasteiger partial charge >= 0.3 is 0 Å². The quantitative estimate of drug-likeness (QED) is 0.648. The number of halogens is 2. The van der Waals surface area contributed by atoms with E-state index in [1.54, 1.807) is 17.0 Å². The first-order valence-corrected chi connectivity index (χ1v) is 11.8. The van der Waals surface area contributed by atoms with E-state index in [1.807, 2.05) is 25.1 Å². The van der Waals surface area contributed by atoms with Crippen molar-refractivity contribution in [3.63, 3.8) is 0 Å². The molecule has 0 unspecified atom stereocenters. The van der Waals surface area contributed by atoms with Gasteiger partial charge in [-0.05, 0) is 93.4 Å². The monoisotopic (exact) mass is 512 g/mol. The van der Waals surface area contributed by atoms with Crippen LogP contribution >= 0.6 is 31.9 Å². The van der Waals surface area contributed by atoms with Gasteiger partial charge in [0, 0.05) is 27.1 Å². The summed E-state index contributed by atoms with van der Waals surface area (Å²) in [6.45, 7) is 2.54. The predicted molar refractivity (Wildman–Crippen MR) is 113 cm³/mol. The lowest BCUT2D eigenvalue weighted by atomic mass is 10.2. The minimum absolute atomic E-state index is 0.0984.